The first-order valence-corrected chi connectivity index (χ1v) is 6.08. The lowest BCUT2D eigenvalue weighted by Crippen LogP contribution is -2.22. The quantitative estimate of drug-likeness (QED) is 0.786. The van der Waals surface area contributed by atoms with Crippen molar-refractivity contribution in [1.29, 1.82) is 0 Å². The number of nitrogens with one attached hydrogen (secondary N) is 1. The second kappa shape index (κ2) is 4.94. The van der Waals surface area contributed by atoms with Gasteiger partial charge in [-0.1, -0.05) is 23.8 Å². The lowest BCUT2D eigenvalue weighted by atomic mass is 10.0. The largest absolute Gasteiger partial charge is 0.316 e. The summed E-state index contributed by atoms with van der Waals surface area (Å²) in [7, 11) is 0. The molecule has 0 radical (unpaired) electrons. The SMILES string of the molecule is Ic1ccc(C=C2CCNCC2)cc1. The molecule has 1 heterocycles. The van der Waals surface area contributed by atoms with Gasteiger partial charge in [-0.15, -0.1) is 0 Å². The van der Waals surface area contributed by atoms with Gasteiger partial charge in [0.2, 0.25) is 0 Å². The summed E-state index contributed by atoms with van der Waals surface area (Å²) in [6, 6.07) is 8.70. The van der Waals surface area contributed by atoms with Crippen molar-refractivity contribution in [2.45, 2.75) is 12.8 Å². The molecular weight excluding hydrogens is 285 g/mol. The standard InChI is InChI=1S/C12H14IN/c13-12-3-1-10(2-4-12)9-11-5-7-14-8-6-11/h1-4,9,14H,5-8H2. The molecule has 1 aliphatic heterocycles. The third-order valence-corrected chi connectivity index (χ3v) is 3.21. The molecule has 2 rings (SSSR count). The lowest BCUT2D eigenvalue weighted by molar-refractivity contribution is 0.613. The van der Waals surface area contributed by atoms with Gasteiger partial charge in [0.15, 0.2) is 0 Å². The Balaban J connectivity index is 2.11. The average Bonchev–Trinajstić information content (AvgIpc) is 2.23. The predicted molar refractivity (Wildman–Crippen MR) is 69.2 cm³/mol. The van der Waals surface area contributed by atoms with E-state index in [1.807, 2.05) is 0 Å². The van der Waals surface area contributed by atoms with Crippen molar-refractivity contribution in [2.24, 2.45) is 0 Å². The molecule has 1 saturated heterocycles. The maximum Gasteiger partial charge on any atom is 0.0130 e. The Bertz CT molecular complexity index is 319. The van der Waals surface area contributed by atoms with Gasteiger partial charge in [0, 0.05) is 3.57 Å². The van der Waals surface area contributed by atoms with E-state index < -0.39 is 0 Å². The van der Waals surface area contributed by atoms with Crippen LogP contribution in [0.5, 0.6) is 0 Å². The molecule has 1 aromatic rings. The summed E-state index contributed by atoms with van der Waals surface area (Å²) in [4.78, 5) is 0. The van der Waals surface area contributed by atoms with Crippen LogP contribution < -0.4 is 5.32 Å². The van der Waals surface area contributed by atoms with E-state index in [1.54, 1.807) is 5.57 Å². The van der Waals surface area contributed by atoms with E-state index in [2.05, 4.69) is 58.2 Å². The van der Waals surface area contributed by atoms with Gasteiger partial charge in [-0.25, -0.2) is 0 Å². The number of piperidine rings is 1. The molecule has 0 amide bonds. The third kappa shape index (κ3) is 2.82. The summed E-state index contributed by atoms with van der Waals surface area (Å²) in [5.41, 5.74) is 2.91. The molecule has 1 fully saturated rings. The molecule has 1 aliphatic rings. The first-order chi connectivity index (χ1) is 6.84. The Labute approximate surface area is 98.7 Å². The van der Waals surface area contributed by atoms with E-state index in [0.29, 0.717) is 0 Å². The normalized spacial score (nSPS) is 16.8. The molecule has 74 valence electrons. The van der Waals surface area contributed by atoms with Crippen molar-refractivity contribution in [3.8, 4) is 0 Å². The highest BCUT2D eigenvalue weighted by atomic mass is 127. The minimum Gasteiger partial charge on any atom is -0.316 e. The summed E-state index contributed by atoms with van der Waals surface area (Å²) in [6.07, 6.45) is 4.73. The Morgan fingerprint density at radius 1 is 1.07 bits per heavy atom. The monoisotopic (exact) mass is 299 g/mol. The molecule has 0 bridgehead atoms. The van der Waals surface area contributed by atoms with E-state index >= 15 is 0 Å². The fraction of sp³-hybridized carbons (Fsp3) is 0.333. The summed E-state index contributed by atoms with van der Waals surface area (Å²) in [5, 5.41) is 3.37. The zero-order valence-corrected chi connectivity index (χ0v) is 10.3. The predicted octanol–water partition coefficient (Wildman–Crippen LogP) is 3.06. The Morgan fingerprint density at radius 3 is 2.36 bits per heavy atom. The third-order valence-electron chi connectivity index (χ3n) is 2.49. The molecule has 0 spiro atoms. The smallest absolute Gasteiger partial charge is 0.0130 e. The zero-order chi connectivity index (χ0) is 9.80. The van der Waals surface area contributed by atoms with Crippen LogP contribution in [0.3, 0.4) is 0 Å². The molecule has 1 N–H and O–H groups in total. The van der Waals surface area contributed by atoms with Crippen molar-refractivity contribution >= 4 is 28.7 Å². The second-order valence-corrected chi connectivity index (χ2v) is 4.85. The van der Waals surface area contributed by atoms with Gasteiger partial charge in [0.1, 0.15) is 0 Å². The van der Waals surface area contributed by atoms with Crippen LogP contribution in [0, 0.1) is 3.57 Å². The Morgan fingerprint density at radius 2 is 1.71 bits per heavy atom. The highest BCUT2D eigenvalue weighted by molar-refractivity contribution is 14.1. The molecule has 14 heavy (non-hydrogen) atoms. The summed E-state index contributed by atoms with van der Waals surface area (Å²) < 4.78 is 1.30. The molecule has 0 aromatic heterocycles. The second-order valence-electron chi connectivity index (χ2n) is 3.60. The van der Waals surface area contributed by atoms with E-state index in [4.69, 9.17) is 0 Å². The van der Waals surface area contributed by atoms with Gasteiger partial charge in [-0.3, -0.25) is 0 Å². The number of rotatable bonds is 1. The van der Waals surface area contributed by atoms with Gasteiger partial charge < -0.3 is 5.32 Å². The van der Waals surface area contributed by atoms with Gasteiger partial charge in [-0.05, 0) is 66.2 Å². The van der Waals surface area contributed by atoms with Crippen molar-refractivity contribution in [1.82, 2.24) is 5.32 Å². The van der Waals surface area contributed by atoms with E-state index in [1.165, 1.54) is 22.0 Å². The van der Waals surface area contributed by atoms with Crippen LogP contribution in [0.1, 0.15) is 18.4 Å². The highest BCUT2D eigenvalue weighted by Crippen LogP contribution is 2.16. The molecule has 1 aromatic carbocycles. The minimum atomic E-state index is 1.14. The van der Waals surface area contributed by atoms with Gasteiger partial charge in [0.05, 0.1) is 0 Å². The van der Waals surface area contributed by atoms with Crippen LogP contribution in [0.25, 0.3) is 6.08 Å². The van der Waals surface area contributed by atoms with Gasteiger partial charge in [0.25, 0.3) is 0 Å². The Hall–Kier alpha value is -0.350. The summed E-state index contributed by atoms with van der Waals surface area (Å²) in [6.45, 7) is 2.27. The van der Waals surface area contributed by atoms with Crippen LogP contribution >= 0.6 is 22.6 Å². The fourth-order valence-electron chi connectivity index (χ4n) is 1.69. The molecular formula is C12H14IN. The first-order valence-electron chi connectivity index (χ1n) is 5.00. The number of halogens is 1. The number of hydrogen-bond acceptors (Lipinski definition) is 1. The van der Waals surface area contributed by atoms with Crippen LogP contribution in [-0.2, 0) is 0 Å². The molecule has 0 aliphatic carbocycles. The highest BCUT2D eigenvalue weighted by Gasteiger charge is 2.03. The Kier molecular flexibility index (Phi) is 3.59. The van der Waals surface area contributed by atoms with Crippen LogP contribution in [0.15, 0.2) is 29.8 Å². The number of hydrogen-bond donors (Lipinski definition) is 1. The molecule has 0 saturated carbocycles. The fourth-order valence-corrected chi connectivity index (χ4v) is 2.05. The minimum absolute atomic E-state index is 1.14. The zero-order valence-electron chi connectivity index (χ0n) is 8.09. The lowest BCUT2D eigenvalue weighted by Gasteiger charge is -2.15. The molecule has 2 heteroatoms. The maximum absolute atomic E-state index is 3.37. The van der Waals surface area contributed by atoms with E-state index in [-0.39, 0.29) is 0 Å². The first kappa shape index (κ1) is 10.2. The molecule has 0 atom stereocenters. The number of benzene rings is 1. The van der Waals surface area contributed by atoms with Crippen molar-refractivity contribution in [3.05, 3.63) is 39.0 Å². The van der Waals surface area contributed by atoms with E-state index in [0.717, 1.165) is 13.1 Å². The van der Waals surface area contributed by atoms with Crippen molar-refractivity contribution < 1.29 is 0 Å². The van der Waals surface area contributed by atoms with Crippen LogP contribution in [-0.4, -0.2) is 13.1 Å². The average molecular weight is 299 g/mol. The van der Waals surface area contributed by atoms with Crippen molar-refractivity contribution in [2.75, 3.05) is 13.1 Å². The summed E-state index contributed by atoms with van der Waals surface area (Å²) in [5.74, 6) is 0. The molecule has 1 nitrogen and oxygen atoms in total. The van der Waals surface area contributed by atoms with Crippen molar-refractivity contribution in [3.63, 3.8) is 0 Å². The van der Waals surface area contributed by atoms with Crippen LogP contribution in [0.2, 0.25) is 0 Å². The topological polar surface area (TPSA) is 12.0 Å². The summed E-state index contributed by atoms with van der Waals surface area (Å²) >= 11 is 2.34. The maximum atomic E-state index is 3.37. The van der Waals surface area contributed by atoms with Gasteiger partial charge in [-0.2, -0.15) is 0 Å². The van der Waals surface area contributed by atoms with Crippen LogP contribution in [0.4, 0.5) is 0 Å². The van der Waals surface area contributed by atoms with E-state index in [9.17, 15) is 0 Å². The molecule has 0 unspecified atom stereocenters. The van der Waals surface area contributed by atoms with Gasteiger partial charge >= 0.3 is 0 Å².